The van der Waals surface area contributed by atoms with Crippen molar-refractivity contribution in [3.05, 3.63) is 24.4 Å². The van der Waals surface area contributed by atoms with Gasteiger partial charge in [-0.1, -0.05) is 19.9 Å². The molecule has 0 fully saturated rings. The molecule has 0 saturated heterocycles. The number of aromatic nitrogens is 3. The van der Waals surface area contributed by atoms with E-state index >= 15 is 0 Å². The van der Waals surface area contributed by atoms with Crippen LogP contribution in [-0.4, -0.2) is 21.1 Å². The summed E-state index contributed by atoms with van der Waals surface area (Å²) in [4.78, 5) is 4.35. The first-order valence-electron chi connectivity index (χ1n) is 5.31. The second-order valence-electron chi connectivity index (χ2n) is 4.05. The van der Waals surface area contributed by atoms with Crippen molar-refractivity contribution in [1.82, 2.24) is 14.6 Å². The summed E-state index contributed by atoms with van der Waals surface area (Å²) in [7, 11) is 0. The van der Waals surface area contributed by atoms with Crippen molar-refractivity contribution >= 4 is 11.6 Å². The lowest BCUT2D eigenvalue weighted by molar-refractivity contribution is 0.606. The van der Waals surface area contributed by atoms with E-state index in [1.54, 1.807) is 4.52 Å². The molecule has 0 atom stereocenters. The van der Waals surface area contributed by atoms with E-state index in [2.05, 4.69) is 29.2 Å². The van der Waals surface area contributed by atoms with Crippen molar-refractivity contribution in [1.29, 1.82) is 0 Å². The highest BCUT2D eigenvalue weighted by Gasteiger charge is 2.01. The molecule has 2 aromatic rings. The first-order chi connectivity index (χ1) is 7.25. The lowest BCUT2D eigenvalue weighted by atomic mass is 10.1. The number of anilines is 1. The molecule has 1 N–H and O–H groups in total. The number of hydrogen-bond donors (Lipinski definition) is 1. The van der Waals surface area contributed by atoms with Crippen LogP contribution in [0.15, 0.2) is 24.4 Å². The predicted octanol–water partition coefficient (Wildman–Crippen LogP) is 2.19. The van der Waals surface area contributed by atoms with E-state index in [9.17, 15) is 0 Å². The van der Waals surface area contributed by atoms with Gasteiger partial charge in [0.1, 0.15) is 0 Å². The van der Waals surface area contributed by atoms with Crippen LogP contribution in [0.25, 0.3) is 5.65 Å². The van der Waals surface area contributed by atoms with Crippen molar-refractivity contribution in [2.75, 3.05) is 11.9 Å². The highest BCUT2D eigenvalue weighted by atomic mass is 15.3. The van der Waals surface area contributed by atoms with E-state index in [1.165, 1.54) is 0 Å². The molecule has 0 aliphatic heterocycles. The van der Waals surface area contributed by atoms with E-state index < -0.39 is 0 Å². The van der Waals surface area contributed by atoms with Crippen molar-refractivity contribution in [2.24, 2.45) is 5.92 Å². The zero-order valence-corrected chi connectivity index (χ0v) is 9.14. The van der Waals surface area contributed by atoms with Crippen LogP contribution >= 0.6 is 0 Å². The van der Waals surface area contributed by atoms with Crippen molar-refractivity contribution in [3.8, 4) is 0 Å². The highest BCUT2D eigenvalue weighted by Crippen LogP contribution is 2.05. The van der Waals surface area contributed by atoms with Gasteiger partial charge in [-0.15, -0.1) is 5.10 Å². The molecule has 0 spiro atoms. The molecular formula is C11H16N4. The molecule has 0 amide bonds. The maximum Gasteiger partial charge on any atom is 0.243 e. The van der Waals surface area contributed by atoms with Crippen LogP contribution in [-0.2, 0) is 0 Å². The van der Waals surface area contributed by atoms with E-state index in [0.29, 0.717) is 11.9 Å². The molecule has 15 heavy (non-hydrogen) atoms. The summed E-state index contributed by atoms with van der Waals surface area (Å²) < 4.78 is 1.78. The van der Waals surface area contributed by atoms with Gasteiger partial charge < -0.3 is 5.32 Å². The Morgan fingerprint density at radius 2 is 2.27 bits per heavy atom. The molecule has 4 heteroatoms. The minimum atomic E-state index is 0.703. The third kappa shape index (κ3) is 2.46. The molecule has 0 bridgehead atoms. The van der Waals surface area contributed by atoms with E-state index in [4.69, 9.17) is 0 Å². The first-order valence-corrected chi connectivity index (χ1v) is 5.31. The molecule has 0 unspecified atom stereocenters. The second kappa shape index (κ2) is 4.29. The third-order valence-electron chi connectivity index (χ3n) is 2.25. The molecule has 0 radical (unpaired) electrons. The molecule has 0 aromatic carbocycles. The number of fused-ring (bicyclic) bond motifs is 1. The quantitative estimate of drug-likeness (QED) is 0.830. The average Bonchev–Trinajstić information content (AvgIpc) is 2.59. The maximum absolute atomic E-state index is 4.35. The number of nitrogens with zero attached hydrogens (tertiary/aromatic N) is 3. The predicted molar refractivity (Wildman–Crippen MR) is 60.9 cm³/mol. The Morgan fingerprint density at radius 1 is 1.40 bits per heavy atom. The number of rotatable bonds is 4. The molecule has 2 heterocycles. The summed E-state index contributed by atoms with van der Waals surface area (Å²) in [6.07, 6.45) is 3.03. The number of hydrogen-bond acceptors (Lipinski definition) is 3. The second-order valence-corrected chi connectivity index (χ2v) is 4.05. The van der Waals surface area contributed by atoms with Gasteiger partial charge in [0.15, 0.2) is 5.65 Å². The number of nitrogens with one attached hydrogen (secondary N) is 1. The Labute approximate surface area is 89.3 Å². The fourth-order valence-corrected chi connectivity index (χ4v) is 1.38. The Kier molecular flexibility index (Phi) is 2.85. The van der Waals surface area contributed by atoms with Crippen LogP contribution < -0.4 is 5.32 Å². The third-order valence-corrected chi connectivity index (χ3v) is 2.25. The molecule has 2 aromatic heterocycles. The van der Waals surface area contributed by atoms with E-state index in [-0.39, 0.29) is 0 Å². The summed E-state index contributed by atoms with van der Waals surface area (Å²) in [5.74, 6) is 1.41. The lowest BCUT2D eigenvalue weighted by Crippen LogP contribution is -2.05. The fourth-order valence-electron chi connectivity index (χ4n) is 1.38. The Balaban J connectivity index is 2.03. The SMILES string of the molecule is CC(C)CCNc1nc2ccccn2n1. The Morgan fingerprint density at radius 3 is 3.00 bits per heavy atom. The van der Waals surface area contributed by atoms with Crippen LogP contribution in [0.4, 0.5) is 5.95 Å². The van der Waals surface area contributed by atoms with E-state index in [1.807, 2.05) is 24.4 Å². The largest absolute Gasteiger partial charge is 0.353 e. The lowest BCUT2D eigenvalue weighted by Gasteiger charge is -2.03. The van der Waals surface area contributed by atoms with Crippen LogP contribution in [0.1, 0.15) is 20.3 Å². The molecule has 0 aliphatic rings. The van der Waals surface area contributed by atoms with Gasteiger partial charge in [0.25, 0.3) is 0 Å². The molecule has 4 nitrogen and oxygen atoms in total. The van der Waals surface area contributed by atoms with Gasteiger partial charge in [-0.25, -0.2) is 4.52 Å². The monoisotopic (exact) mass is 204 g/mol. The number of pyridine rings is 1. The smallest absolute Gasteiger partial charge is 0.243 e. The van der Waals surface area contributed by atoms with Gasteiger partial charge in [-0.05, 0) is 24.5 Å². The van der Waals surface area contributed by atoms with Gasteiger partial charge in [0.2, 0.25) is 5.95 Å². The molecule has 0 aliphatic carbocycles. The van der Waals surface area contributed by atoms with Crippen LogP contribution in [0.2, 0.25) is 0 Å². The highest BCUT2D eigenvalue weighted by molar-refractivity contribution is 5.42. The van der Waals surface area contributed by atoms with Crippen LogP contribution in [0, 0.1) is 5.92 Å². The fraction of sp³-hybridized carbons (Fsp3) is 0.455. The summed E-state index contributed by atoms with van der Waals surface area (Å²) in [6, 6.07) is 5.85. The molecule has 80 valence electrons. The molecule has 2 rings (SSSR count). The van der Waals surface area contributed by atoms with Crippen LogP contribution in [0.3, 0.4) is 0 Å². The van der Waals surface area contributed by atoms with Gasteiger partial charge in [0.05, 0.1) is 0 Å². The minimum absolute atomic E-state index is 0.703. The van der Waals surface area contributed by atoms with Gasteiger partial charge in [-0.3, -0.25) is 0 Å². The summed E-state index contributed by atoms with van der Waals surface area (Å²) in [6.45, 7) is 5.34. The van der Waals surface area contributed by atoms with E-state index in [0.717, 1.165) is 18.6 Å². The molecule has 0 saturated carbocycles. The normalized spacial score (nSPS) is 11.1. The van der Waals surface area contributed by atoms with Crippen molar-refractivity contribution < 1.29 is 0 Å². The standard InChI is InChI=1S/C11H16N4/c1-9(2)6-7-12-11-13-10-5-3-4-8-15(10)14-11/h3-5,8-9H,6-7H2,1-2H3,(H,12,14). The van der Waals surface area contributed by atoms with Crippen molar-refractivity contribution in [3.63, 3.8) is 0 Å². The maximum atomic E-state index is 4.35. The first kappa shape index (κ1) is 9.96. The van der Waals surface area contributed by atoms with Gasteiger partial charge >= 0.3 is 0 Å². The topological polar surface area (TPSA) is 42.2 Å². The van der Waals surface area contributed by atoms with Crippen LogP contribution in [0.5, 0.6) is 0 Å². The zero-order valence-electron chi connectivity index (χ0n) is 9.14. The van der Waals surface area contributed by atoms with Crippen molar-refractivity contribution in [2.45, 2.75) is 20.3 Å². The Bertz CT molecular complexity index is 400. The summed E-state index contributed by atoms with van der Waals surface area (Å²) >= 11 is 0. The summed E-state index contributed by atoms with van der Waals surface area (Å²) in [5, 5.41) is 7.53. The van der Waals surface area contributed by atoms with Gasteiger partial charge in [0, 0.05) is 12.7 Å². The zero-order chi connectivity index (χ0) is 10.7. The van der Waals surface area contributed by atoms with Gasteiger partial charge in [-0.2, -0.15) is 4.98 Å². The summed E-state index contributed by atoms with van der Waals surface area (Å²) in [5.41, 5.74) is 0.879. The molecular weight excluding hydrogens is 188 g/mol. The average molecular weight is 204 g/mol. The Hall–Kier alpha value is -1.58. The minimum Gasteiger partial charge on any atom is -0.353 e.